The molecule has 0 amide bonds. The van der Waals surface area contributed by atoms with Gasteiger partial charge in [0.05, 0.1) is 11.1 Å². The number of ketones is 1. The lowest BCUT2D eigenvalue weighted by molar-refractivity contribution is 0.102. The van der Waals surface area contributed by atoms with Crippen molar-refractivity contribution in [2.75, 3.05) is 5.75 Å². The third kappa shape index (κ3) is 3.23. The Balaban J connectivity index is 1.59. The number of aryl methyl sites for hydroxylation is 4. The van der Waals surface area contributed by atoms with Gasteiger partial charge in [-0.05, 0) is 56.7 Å². The third-order valence-electron chi connectivity index (χ3n) is 4.84. The SMILES string of the molecule is Cc1ccc(C)c(C(=O)CSc2nc3sc4c(c3c(=O)[nH]2)CCCC4)c1. The van der Waals surface area contributed by atoms with Crippen LogP contribution in [0.5, 0.6) is 0 Å². The quantitative estimate of drug-likeness (QED) is 0.410. The second-order valence-electron chi connectivity index (χ2n) is 6.79. The molecular weight excluding hydrogens is 364 g/mol. The first kappa shape index (κ1) is 17.5. The van der Waals surface area contributed by atoms with E-state index in [1.165, 1.54) is 28.6 Å². The zero-order valence-corrected chi connectivity index (χ0v) is 16.5. The first-order chi connectivity index (χ1) is 12.5. The van der Waals surface area contributed by atoms with E-state index in [1.54, 1.807) is 11.3 Å². The highest BCUT2D eigenvalue weighted by Crippen LogP contribution is 2.34. The lowest BCUT2D eigenvalue weighted by Gasteiger charge is -2.09. The molecule has 3 aromatic rings. The van der Waals surface area contributed by atoms with E-state index in [0.717, 1.165) is 46.2 Å². The van der Waals surface area contributed by atoms with Gasteiger partial charge in [0.1, 0.15) is 4.83 Å². The molecular formula is C20H20N2O2S2. The average Bonchev–Trinajstić information content (AvgIpc) is 3.00. The Labute approximate surface area is 160 Å². The molecule has 1 aliphatic carbocycles. The van der Waals surface area contributed by atoms with Crippen LogP contribution in [-0.4, -0.2) is 21.5 Å². The number of nitrogens with one attached hydrogen (secondary N) is 1. The van der Waals surface area contributed by atoms with Crippen LogP contribution in [0.1, 0.15) is 44.8 Å². The van der Waals surface area contributed by atoms with Gasteiger partial charge in [0, 0.05) is 10.4 Å². The maximum atomic E-state index is 12.6. The molecule has 2 heterocycles. The van der Waals surface area contributed by atoms with E-state index in [-0.39, 0.29) is 17.1 Å². The van der Waals surface area contributed by atoms with Crippen LogP contribution < -0.4 is 5.56 Å². The van der Waals surface area contributed by atoms with E-state index in [4.69, 9.17) is 0 Å². The molecule has 0 fully saturated rings. The normalized spacial score (nSPS) is 13.8. The maximum absolute atomic E-state index is 12.6. The van der Waals surface area contributed by atoms with Crippen LogP contribution in [0.25, 0.3) is 10.2 Å². The molecule has 4 nitrogen and oxygen atoms in total. The minimum Gasteiger partial charge on any atom is -0.301 e. The Morgan fingerprint density at radius 1 is 1.27 bits per heavy atom. The number of hydrogen-bond acceptors (Lipinski definition) is 5. The zero-order valence-electron chi connectivity index (χ0n) is 14.8. The molecule has 0 atom stereocenters. The highest BCUT2D eigenvalue weighted by molar-refractivity contribution is 7.99. The minimum absolute atomic E-state index is 0.0596. The third-order valence-corrected chi connectivity index (χ3v) is 6.90. The van der Waals surface area contributed by atoms with E-state index in [2.05, 4.69) is 9.97 Å². The number of carbonyl (C=O) groups excluding carboxylic acids is 1. The van der Waals surface area contributed by atoms with Crippen molar-refractivity contribution in [1.29, 1.82) is 0 Å². The van der Waals surface area contributed by atoms with Crippen LogP contribution in [0.15, 0.2) is 28.2 Å². The molecule has 6 heteroatoms. The summed E-state index contributed by atoms with van der Waals surface area (Å²) in [4.78, 5) is 34.7. The summed E-state index contributed by atoms with van der Waals surface area (Å²) >= 11 is 2.94. The van der Waals surface area contributed by atoms with E-state index in [0.29, 0.717) is 5.16 Å². The molecule has 0 saturated heterocycles. The molecule has 0 unspecified atom stereocenters. The van der Waals surface area contributed by atoms with Gasteiger partial charge in [-0.3, -0.25) is 9.59 Å². The summed E-state index contributed by atoms with van der Waals surface area (Å²) in [6.07, 6.45) is 4.34. The number of thiophene rings is 1. The van der Waals surface area contributed by atoms with Gasteiger partial charge >= 0.3 is 0 Å². The van der Waals surface area contributed by atoms with Gasteiger partial charge in [0.15, 0.2) is 10.9 Å². The summed E-state index contributed by atoms with van der Waals surface area (Å²) in [6.45, 7) is 3.93. The molecule has 134 valence electrons. The lowest BCUT2D eigenvalue weighted by atomic mass is 9.97. The number of aromatic amines is 1. The molecule has 0 radical (unpaired) electrons. The van der Waals surface area contributed by atoms with Gasteiger partial charge in [0.25, 0.3) is 5.56 Å². The van der Waals surface area contributed by atoms with E-state index in [9.17, 15) is 9.59 Å². The van der Waals surface area contributed by atoms with Crippen molar-refractivity contribution in [3.8, 4) is 0 Å². The first-order valence-electron chi connectivity index (χ1n) is 8.81. The Morgan fingerprint density at radius 2 is 2.08 bits per heavy atom. The molecule has 4 rings (SSSR count). The average molecular weight is 385 g/mol. The largest absolute Gasteiger partial charge is 0.301 e. The standard InChI is InChI=1S/C20H20N2O2S2/c1-11-7-8-12(2)14(9-11)15(23)10-25-20-21-18(24)17-13-5-3-4-6-16(13)26-19(17)22-20/h7-9H,3-6,10H2,1-2H3,(H,21,22,24). The van der Waals surface area contributed by atoms with Crippen LogP contribution in [0.3, 0.4) is 0 Å². The number of carbonyl (C=O) groups is 1. The molecule has 1 aliphatic rings. The number of thioether (sulfide) groups is 1. The number of rotatable bonds is 4. The highest BCUT2D eigenvalue weighted by Gasteiger charge is 2.20. The Morgan fingerprint density at radius 3 is 2.92 bits per heavy atom. The van der Waals surface area contributed by atoms with Crippen LogP contribution in [0.2, 0.25) is 0 Å². The second-order valence-corrected chi connectivity index (χ2v) is 8.84. The molecule has 0 bridgehead atoms. The minimum atomic E-state index is -0.0731. The summed E-state index contributed by atoms with van der Waals surface area (Å²) in [6, 6.07) is 5.89. The summed E-state index contributed by atoms with van der Waals surface area (Å²) in [5.41, 5.74) is 3.90. The number of fused-ring (bicyclic) bond motifs is 3. The van der Waals surface area contributed by atoms with Crippen molar-refractivity contribution in [2.45, 2.75) is 44.7 Å². The lowest BCUT2D eigenvalue weighted by Crippen LogP contribution is -2.12. The zero-order chi connectivity index (χ0) is 18.3. The van der Waals surface area contributed by atoms with Gasteiger partial charge in [0.2, 0.25) is 0 Å². The Bertz CT molecular complexity index is 1070. The second kappa shape index (κ2) is 7.00. The number of Topliss-reactive ketones (excluding diaryl/α,β-unsaturated/α-hetero) is 1. The van der Waals surface area contributed by atoms with Crippen LogP contribution in [-0.2, 0) is 12.8 Å². The fourth-order valence-corrected chi connectivity index (χ4v) is 5.52. The van der Waals surface area contributed by atoms with Crippen molar-refractivity contribution >= 4 is 39.1 Å². The van der Waals surface area contributed by atoms with Crippen LogP contribution >= 0.6 is 23.1 Å². The van der Waals surface area contributed by atoms with E-state index < -0.39 is 0 Å². The maximum Gasteiger partial charge on any atom is 0.260 e. The van der Waals surface area contributed by atoms with E-state index >= 15 is 0 Å². The molecule has 0 aliphatic heterocycles. The van der Waals surface area contributed by atoms with Gasteiger partial charge < -0.3 is 4.98 Å². The topological polar surface area (TPSA) is 62.8 Å². The van der Waals surface area contributed by atoms with Crippen molar-refractivity contribution in [1.82, 2.24) is 9.97 Å². The number of hydrogen-bond donors (Lipinski definition) is 1. The monoisotopic (exact) mass is 384 g/mol. The number of aromatic nitrogens is 2. The molecule has 1 N–H and O–H groups in total. The van der Waals surface area contributed by atoms with Crippen molar-refractivity contribution in [3.63, 3.8) is 0 Å². The molecule has 0 saturated carbocycles. The summed E-state index contributed by atoms with van der Waals surface area (Å²) in [5, 5.41) is 1.29. The van der Waals surface area contributed by atoms with Crippen LogP contribution in [0, 0.1) is 13.8 Å². The highest BCUT2D eigenvalue weighted by atomic mass is 32.2. The summed E-state index contributed by atoms with van der Waals surface area (Å²) in [7, 11) is 0. The number of benzene rings is 1. The molecule has 0 spiro atoms. The van der Waals surface area contributed by atoms with Gasteiger partial charge in [-0.25, -0.2) is 4.98 Å². The van der Waals surface area contributed by atoms with Crippen molar-refractivity contribution < 1.29 is 4.79 Å². The Kier molecular flexibility index (Phi) is 4.71. The van der Waals surface area contributed by atoms with Gasteiger partial charge in [-0.2, -0.15) is 0 Å². The van der Waals surface area contributed by atoms with Gasteiger partial charge in [-0.1, -0.05) is 29.5 Å². The molecule has 2 aromatic heterocycles. The summed E-state index contributed by atoms with van der Waals surface area (Å²) < 4.78 is 0. The van der Waals surface area contributed by atoms with Gasteiger partial charge in [-0.15, -0.1) is 11.3 Å². The Hall–Kier alpha value is -1.92. The first-order valence-corrected chi connectivity index (χ1v) is 10.6. The molecule has 26 heavy (non-hydrogen) atoms. The van der Waals surface area contributed by atoms with Crippen molar-refractivity contribution in [3.05, 3.63) is 55.7 Å². The smallest absolute Gasteiger partial charge is 0.260 e. The summed E-state index contributed by atoms with van der Waals surface area (Å²) in [5.74, 6) is 0.327. The fraction of sp³-hybridized carbons (Fsp3) is 0.350. The predicted octanol–water partition coefficient (Wildman–Crippen LogP) is 4.46. The predicted molar refractivity (Wildman–Crippen MR) is 108 cm³/mol. The van der Waals surface area contributed by atoms with E-state index in [1.807, 2.05) is 32.0 Å². The van der Waals surface area contributed by atoms with Crippen molar-refractivity contribution in [2.24, 2.45) is 0 Å². The fourth-order valence-electron chi connectivity index (χ4n) is 3.46. The number of H-pyrrole nitrogens is 1. The van der Waals surface area contributed by atoms with Crippen LogP contribution in [0.4, 0.5) is 0 Å². The number of nitrogens with zero attached hydrogens (tertiary/aromatic N) is 1. The molecule has 1 aromatic carbocycles.